The van der Waals surface area contributed by atoms with Crippen molar-refractivity contribution in [1.29, 1.82) is 0 Å². The first kappa shape index (κ1) is 23.1. The summed E-state index contributed by atoms with van der Waals surface area (Å²) in [5.74, 6) is 0. The lowest BCUT2D eigenvalue weighted by Crippen LogP contribution is -1.89. The molecule has 9 rings (SSSR count). The fourth-order valence-corrected chi connectivity index (χ4v) is 6.55. The lowest BCUT2D eigenvalue weighted by molar-refractivity contribution is 1.37. The summed E-state index contributed by atoms with van der Waals surface area (Å²) >= 11 is 0. The Morgan fingerprint density at radius 1 is 0.357 bits per heavy atom. The number of fused-ring (bicyclic) bond motifs is 3. The van der Waals surface area contributed by atoms with Gasteiger partial charge in [0, 0.05) is 22.5 Å². The van der Waals surface area contributed by atoms with Gasteiger partial charge >= 0.3 is 0 Å². The van der Waals surface area contributed by atoms with Crippen molar-refractivity contribution >= 4 is 54.1 Å². The molecule has 0 bridgehead atoms. The maximum absolute atomic E-state index is 5.01. The van der Waals surface area contributed by atoms with E-state index in [9.17, 15) is 0 Å². The average molecular weight is 533 g/mol. The second kappa shape index (κ2) is 8.95. The SMILES string of the molecule is c1cnc2c(c1)ccc1ccc(-c3ccc(-c4ccc(-c5ccc6ccc7cccc8ccc5c6c78)cc4)cc3)nc12. The first-order valence-electron chi connectivity index (χ1n) is 14.3. The molecule has 42 heavy (non-hydrogen) atoms. The lowest BCUT2D eigenvalue weighted by Gasteiger charge is -2.14. The van der Waals surface area contributed by atoms with E-state index in [1.165, 1.54) is 54.6 Å². The largest absolute Gasteiger partial charge is 0.254 e. The number of aromatic nitrogens is 2. The summed E-state index contributed by atoms with van der Waals surface area (Å²) in [4.78, 5) is 9.62. The number of hydrogen-bond donors (Lipinski definition) is 0. The Morgan fingerprint density at radius 3 is 1.67 bits per heavy atom. The molecule has 0 aliphatic rings. The van der Waals surface area contributed by atoms with Crippen LogP contribution in [-0.2, 0) is 0 Å². The van der Waals surface area contributed by atoms with E-state index in [1.54, 1.807) is 0 Å². The van der Waals surface area contributed by atoms with Gasteiger partial charge in [-0.05, 0) is 66.7 Å². The van der Waals surface area contributed by atoms with Crippen LogP contribution in [0.4, 0.5) is 0 Å². The second-order valence-corrected chi connectivity index (χ2v) is 11.0. The zero-order valence-corrected chi connectivity index (χ0v) is 22.8. The standard InChI is InChI=1S/C40H24N2/c1-3-29-14-15-31-18-21-34(35-22-19-30(4-1)37(29)38(31)35)27-10-6-25(7-11-27)26-8-12-28(13-9-26)36-23-20-33-17-16-32-5-2-24-41-39(32)40(33)42-36/h1-24H. The van der Waals surface area contributed by atoms with Crippen molar-refractivity contribution in [2.45, 2.75) is 0 Å². The van der Waals surface area contributed by atoms with Gasteiger partial charge in [-0.3, -0.25) is 4.98 Å². The smallest absolute Gasteiger partial charge is 0.0972 e. The molecule has 7 aromatic carbocycles. The molecule has 0 saturated heterocycles. The van der Waals surface area contributed by atoms with Crippen LogP contribution in [0.3, 0.4) is 0 Å². The van der Waals surface area contributed by atoms with Gasteiger partial charge in [-0.1, -0.05) is 127 Å². The maximum atomic E-state index is 5.01. The molecule has 0 radical (unpaired) electrons. The van der Waals surface area contributed by atoms with Crippen molar-refractivity contribution in [1.82, 2.24) is 9.97 Å². The first-order chi connectivity index (χ1) is 20.8. The summed E-state index contributed by atoms with van der Waals surface area (Å²) in [7, 11) is 0. The molecule has 0 fully saturated rings. The fourth-order valence-electron chi connectivity index (χ4n) is 6.55. The number of benzene rings is 7. The minimum atomic E-state index is 0.942. The number of nitrogens with zero attached hydrogens (tertiary/aromatic N) is 2. The molecule has 0 atom stereocenters. The van der Waals surface area contributed by atoms with Gasteiger partial charge in [0.15, 0.2) is 0 Å². The molecule has 2 aromatic heterocycles. The van der Waals surface area contributed by atoms with Gasteiger partial charge in [-0.25, -0.2) is 4.98 Å². The fraction of sp³-hybridized carbons (Fsp3) is 0. The summed E-state index contributed by atoms with van der Waals surface area (Å²) < 4.78 is 0. The van der Waals surface area contributed by atoms with Crippen molar-refractivity contribution in [2.24, 2.45) is 0 Å². The van der Waals surface area contributed by atoms with E-state index in [0.29, 0.717) is 0 Å². The van der Waals surface area contributed by atoms with Gasteiger partial charge in [0.05, 0.1) is 16.7 Å². The zero-order chi connectivity index (χ0) is 27.6. The molecule has 0 saturated carbocycles. The minimum Gasteiger partial charge on any atom is -0.254 e. The van der Waals surface area contributed by atoms with Crippen molar-refractivity contribution < 1.29 is 0 Å². The molecule has 0 amide bonds. The van der Waals surface area contributed by atoms with Crippen LogP contribution in [-0.4, -0.2) is 9.97 Å². The Hall–Kier alpha value is -5.60. The summed E-state index contributed by atoms with van der Waals surface area (Å²) in [6.45, 7) is 0. The van der Waals surface area contributed by atoms with Gasteiger partial charge < -0.3 is 0 Å². The first-order valence-corrected chi connectivity index (χ1v) is 14.3. The molecule has 0 unspecified atom stereocenters. The van der Waals surface area contributed by atoms with Crippen molar-refractivity contribution in [3.63, 3.8) is 0 Å². The summed E-state index contributed by atoms with van der Waals surface area (Å²) in [6.07, 6.45) is 1.83. The molecule has 194 valence electrons. The van der Waals surface area contributed by atoms with Crippen LogP contribution >= 0.6 is 0 Å². The van der Waals surface area contributed by atoms with Crippen molar-refractivity contribution in [3.8, 4) is 33.5 Å². The topological polar surface area (TPSA) is 25.8 Å². The van der Waals surface area contributed by atoms with Gasteiger partial charge in [-0.15, -0.1) is 0 Å². The van der Waals surface area contributed by atoms with Gasteiger partial charge in [0.25, 0.3) is 0 Å². The van der Waals surface area contributed by atoms with E-state index in [1.807, 2.05) is 12.3 Å². The highest BCUT2D eigenvalue weighted by Crippen LogP contribution is 2.39. The molecule has 2 heterocycles. The third kappa shape index (κ3) is 3.52. The molecule has 2 heteroatoms. The van der Waals surface area contributed by atoms with Crippen molar-refractivity contribution in [3.05, 3.63) is 146 Å². The number of hydrogen-bond acceptors (Lipinski definition) is 2. The minimum absolute atomic E-state index is 0.942. The van der Waals surface area contributed by atoms with E-state index >= 15 is 0 Å². The maximum Gasteiger partial charge on any atom is 0.0972 e. The average Bonchev–Trinajstić information content (AvgIpc) is 3.07. The van der Waals surface area contributed by atoms with E-state index in [2.05, 4.69) is 138 Å². The van der Waals surface area contributed by atoms with Crippen LogP contribution in [0.2, 0.25) is 0 Å². The summed E-state index contributed by atoms with van der Waals surface area (Å²) in [5, 5.41) is 10.1. The van der Waals surface area contributed by atoms with Crippen LogP contribution in [0, 0.1) is 0 Å². The van der Waals surface area contributed by atoms with Crippen LogP contribution in [0.15, 0.2) is 146 Å². The normalized spacial score (nSPS) is 11.8. The Balaban J connectivity index is 1.07. The zero-order valence-electron chi connectivity index (χ0n) is 22.8. The molecule has 0 aliphatic carbocycles. The Morgan fingerprint density at radius 2 is 0.905 bits per heavy atom. The molecule has 9 aromatic rings. The second-order valence-electron chi connectivity index (χ2n) is 11.0. The van der Waals surface area contributed by atoms with E-state index in [0.717, 1.165) is 33.1 Å². The Kier molecular flexibility index (Phi) is 4.93. The van der Waals surface area contributed by atoms with E-state index in [4.69, 9.17) is 4.98 Å². The summed E-state index contributed by atoms with van der Waals surface area (Å²) in [5.41, 5.74) is 8.82. The highest BCUT2D eigenvalue weighted by molar-refractivity contribution is 6.25. The molecule has 0 N–H and O–H groups in total. The van der Waals surface area contributed by atoms with E-state index in [-0.39, 0.29) is 0 Å². The summed E-state index contributed by atoms with van der Waals surface area (Å²) in [6, 6.07) is 50.3. The monoisotopic (exact) mass is 532 g/mol. The highest BCUT2D eigenvalue weighted by Gasteiger charge is 2.12. The highest BCUT2D eigenvalue weighted by atomic mass is 14.7. The number of rotatable bonds is 3. The Bertz CT molecular complexity index is 2420. The van der Waals surface area contributed by atoms with Gasteiger partial charge in [0.1, 0.15) is 0 Å². The van der Waals surface area contributed by atoms with Gasteiger partial charge in [-0.2, -0.15) is 0 Å². The predicted octanol–water partition coefficient (Wildman–Crippen LogP) is 10.7. The van der Waals surface area contributed by atoms with Gasteiger partial charge in [0.2, 0.25) is 0 Å². The van der Waals surface area contributed by atoms with Crippen LogP contribution in [0.25, 0.3) is 87.6 Å². The van der Waals surface area contributed by atoms with Crippen LogP contribution < -0.4 is 0 Å². The quantitative estimate of drug-likeness (QED) is 0.212. The van der Waals surface area contributed by atoms with Crippen LogP contribution in [0.1, 0.15) is 0 Å². The molecule has 0 spiro atoms. The van der Waals surface area contributed by atoms with E-state index < -0.39 is 0 Å². The molecular formula is C40H24N2. The van der Waals surface area contributed by atoms with Crippen molar-refractivity contribution in [2.75, 3.05) is 0 Å². The third-order valence-electron chi connectivity index (χ3n) is 8.67. The number of pyridine rings is 2. The molecule has 2 nitrogen and oxygen atoms in total. The lowest BCUT2D eigenvalue weighted by atomic mass is 9.89. The molecule has 0 aliphatic heterocycles. The van der Waals surface area contributed by atoms with Crippen LogP contribution in [0.5, 0.6) is 0 Å². The molecular weight excluding hydrogens is 508 g/mol. The predicted molar refractivity (Wildman–Crippen MR) is 177 cm³/mol. The third-order valence-corrected chi connectivity index (χ3v) is 8.67. The Labute approximate surface area is 242 Å².